The molecule has 106 valence electrons. The van der Waals surface area contributed by atoms with E-state index in [1.807, 2.05) is 31.2 Å². The summed E-state index contributed by atoms with van der Waals surface area (Å²) in [5.74, 6) is 2.00. The average molecular weight is 270 g/mol. The van der Waals surface area contributed by atoms with E-state index in [4.69, 9.17) is 5.73 Å². The average Bonchev–Trinajstić information content (AvgIpc) is 2.45. The van der Waals surface area contributed by atoms with Crippen LogP contribution in [-0.2, 0) is 0 Å². The van der Waals surface area contributed by atoms with Crippen molar-refractivity contribution in [2.45, 2.75) is 32.7 Å². The first-order valence-corrected chi connectivity index (χ1v) is 6.97. The van der Waals surface area contributed by atoms with Crippen LogP contribution in [0.3, 0.4) is 0 Å². The van der Waals surface area contributed by atoms with Crippen LogP contribution >= 0.6 is 0 Å². The molecule has 1 heterocycles. The molecule has 2 rings (SSSR count). The number of nitrogens with one attached hydrogen (secondary N) is 1. The Kier molecular flexibility index (Phi) is 4.69. The molecule has 2 aromatic rings. The van der Waals surface area contributed by atoms with E-state index in [2.05, 4.69) is 41.3 Å². The van der Waals surface area contributed by atoms with Gasteiger partial charge in [-0.25, -0.2) is 9.97 Å². The second kappa shape index (κ2) is 6.48. The van der Waals surface area contributed by atoms with Crippen molar-refractivity contribution in [3.05, 3.63) is 53.5 Å². The Balaban J connectivity index is 2.24. The molecule has 0 fully saturated rings. The van der Waals surface area contributed by atoms with Crippen molar-refractivity contribution < 1.29 is 0 Å². The molecule has 1 aromatic carbocycles. The third kappa shape index (κ3) is 3.54. The predicted molar refractivity (Wildman–Crippen MR) is 82.7 cm³/mol. The van der Waals surface area contributed by atoms with Crippen molar-refractivity contribution in [2.75, 3.05) is 11.9 Å². The summed E-state index contributed by atoms with van der Waals surface area (Å²) in [5.41, 5.74) is 8.01. The molecular formula is C16H22N4. The topological polar surface area (TPSA) is 63.8 Å². The molecule has 1 atom stereocenters. The lowest BCUT2D eigenvalue weighted by Gasteiger charge is -2.19. The molecule has 0 bridgehead atoms. The summed E-state index contributed by atoms with van der Waals surface area (Å²) in [5, 5.41) is 3.40. The lowest BCUT2D eigenvalue weighted by Crippen LogP contribution is -2.21. The molecule has 0 aliphatic heterocycles. The number of aromatic nitrogens is 2. The Hall–Kier alpha value is -1.94. The van der Waals surface area contributed by atoms with E-state index in [1.54, 1.807) is 0 Å². The Morgan fingerprint density at radius 1 is 1.15 bits per heavy atom. The van der Waals surface area contributed by atoms with Crippen LogP contribution in [0.25, 0.3) is 0 Å². The molecule has 0 amide bonds. The Morgan fingerprint density at radius 3 is 2.45 bits per heavy atom. The van der Waals surface area contributed by atoms with E-state index in [0.29, 0.717) is 12.5 Å². The van der Waals surface area contributed by atoms with E-state index in [1.165, 1.54) is 0 Å². The summed E-state index contributed by atoms with van der Waals surface area (Å²) in [6, 6.07) is 12.2. The largest absolute Gasteiger partial charge is 0.362 e. The highest BCUT2D eigenvalue weighted by Gasteiger charge is 2.12. The highest BCUT2D eigenvalue weighted by Crippen LogP contribution is 2.19. The molecule has 0 saturated carbocycles. The Labute approximate surface area is 120 Å². The van der Waals surface area contributed by atoms with Gasteiger partial charge in [0.1, 0.15) is 11.6 Å². The summed E-state index contributed by atoms with van der Waals surface area (Å²) in [6.07, 6.45) is 0. The van der Waals surface area contributed by atoms with E-state index in [0.717, 1.165) is 22.9 Å². The van der Waals surface area contributed by atoms with Crippen LogP contribution in [0, 0.1) is 6.92 Å². The van der Waals surface area contributed by atoms with Gasteiger partial charge in [-0.1, -0.05) is 44.2 Å². The number of benzene rings is 1. The SMILES string of the molecule is Cc1cc(NC(CN)c2ccccc2)nc(C(C)C)n1. The Bertz CT molecular complexity index is 552. The maximum atomic E-state index is 5.88. The maximum Gasteiger partial charge on any atom is 0.133 e. The number of hydrogen-bond acceptors (Lipinski definition) is 4. The Morgan fingerprint density at radius 2 is 1.85 bits per heavy atom. The van der Waals surface area contributed by atoms with Gasteiger partial charge in [0.2, 0.25) is 0 Å². The number of nitrogens with zero attached hydrogens (tertiary/aromatic N) is 2. The molecule has 0 aliphatic rings. The molecule has 0 radical (unpaired) electrons. The van der Waals surface area contributed by atoms with Gasteiger partial charge < -0.3 is 11.1 Å². The summed E-state index contributed by atoms with van der Waals surface area (Å²) in [6.45, 7) is 6.69. The summed E-state index contributed by atoms with van der Waals surface area (Å²) < 4.78 is 0. The third-order valence-corrected chi connectivity index (χ3v) is 3.15. The minimum Gasteiger partial charge on any atom is -0.362 e. The fourth-order valence-corrected chi connectivity index (χ4v) is 2.07. The number of nitrogens with two attached hydrogens (primary N) is 1. The van der Waals surface area contributed by atoms with Gasteiger partial charge in [-0.05, 0) is 12.5 Å². The number of aryl methyl sites for hydroxylation is 1. The normalized spacial score (nSPS) is 12.4. The minimum atomic E-state index is 0.0607. The second-order valence-electron chi connectivity index (χ2n) is 5.25. The zero-order valence-electron chi connectivity index (χ0n) is 12.3. The fraction of sp³-hybridized carbons (Fsp3) is 0.375. The van der Waals surface area contributed by atoms with Gasteiger partial charge in [-0.2, -0.15) is 0 Å². The minimum absolute atomic E-state index is 0.0607. The summed E-state index contributed by atoms with van der Waals surface area (Å²) in [7, 11) is 0. The molecule has 0 aliphatic carbocycles. The first-order chi connectivity index (χ1) is 9.60. The quantitative estimate of drug-likeness (QED) is 0.876. The highest BCUT2D eigenvalue weighted by molar-refractivity contribution is 5.40. The van der Waals surface area contributed by atoms with Gasteiger partial charge in [0.05, 0.1) is 6.04 Å². The molecular weight excluding hydrogens is 248 g/mol. The molecule has 1 unspecified atom stereocenters. The van der Waals surface area contributed by atoms with Crippen LogP contribution in [0.4, 0.5) is 5.82 Å². The molecule has 0 spiro atoms. The van der Waals surface area contributed by atoms with E-state index in [-0.39, 0.29) is 6.04 Å². The van der Waals surface area contributed by atoms with Gasteiger partial charge >= 0.3 is 0 Å². The van der Waals surface area contributed by atoms with Gasteiger partial charge in [-0.15, -0.1) is 0 Å². The molecule has 4 nitrogen and oxygen atoms in total. The number of rotatable bonds is 5. The van der Waals surface area contributed by atoms with Gasteiger partial charge in [0, 0.05) is 24.2 Å². The second-order valence-corrected chi connectivity index (χ2v) is 5.25. The van der Waals surface area contributed by atoms with Crippen LogP contribution in [0.2, 0.25) is 0 Å². The van der Waals surface area contributed by atoms with Crippen molar-refractivity contribution in [3.8, 4) is 0 Å². The third-order valence-electron chi connectivity index (χ3n) is 3.15. The maximum absolute atomic E-state index is 5.88. The van der Waals surface area contributed by atoms with E-state index in [9.17, 15) is 0 Å². The molecule has 3 N–H and O–H groups in total. The van der Waals surface area contributed by atoms with Crippen molar-refractivity contribution >= 4 is 5.82 Å². The van der Waals surface area contributed by atoms with Crippen molar-refractivity contribution in [1.82, 2.24) is 9.97 Å². The summed E-state index contributed by atoms with van der Waals surface area (Å²) in [4.78, 5) is 9.03. The van der Waals surface area contributed by atoms with Crippen molar-refractivity contribution in [3.63, 3.8) is 0 Å². The molecule has 1 aromatic heterocycles. The van der Waals surface area contributed by atoms with Crippen LogP contribution < -0.4 is 11.1 Å². The van der Waals surface area contributed by atoms with Crippen LogP contribution in [-0.4, -0.2) is 16.5 Å². The van der Waals surface area contributed by atoms with Crippen LogP contribution in [0.5, 0.6) is 0 Å². The van der Waals surface area contributed by atoms with E-state index >= 15 is 0 Å². The lowest BCUT2D eigenvalue weighted by molar-refractivity contribution is 0.748. The van der Waals surface area contributed by atoms with E-state index < -0.39 is 0 Å². The predicted octanol–water partition coefficient (Wildman–Crippen LogP) is 3.02. The van der Waals surface area contributed by atoms with Gasteiger partial charge in [-0.3, -0.25) is 0 Å². The highest BCUT2D eigenvalue weighted by atomic mass is 15.1. The molecule has 4 heteroatoms. The molecule has 20 heavy (non-hydrogen) atoms. The van der Waals surface area contributed by atoms with Crippen LogP contribution in [0.1, 0.15) is 42.9 Å². The van der Waals surface area contributed by atoms with Crippen molar-refractivity contribution in [1.29, 1.82) is 0 Å². The lowest BCUT2D eigenvalue weighted by atomic mass is 10.1. The number of hydrogen-bond donors (Lipinski definition) is 2. The zero-order chi connectivity index (χ0) is 14.5. The molecule has 0 saturated heterocycles. The van der Waals surface area contributed by atoms with Gasteiger partial charge in [0.15, 0.2) is 0 Å². The van der Waals surface area contributed by atoms with Crippen molar-refractivity contribution in [2.24, 2.45) is 5.73 Å². The fourth-order valence-electron chi connectivity index (χ4n) is 2.07. The first-order valence-electron chi connectivity index (χ1n) is 6.97. The van der Waals surface area contributed by atoms with Crippen LogP contribution in [0.15, 0.2) is 36.4 Å². The smallest absolute Gasteiger partial charge is 0.133 e. The monoisotopic (exact) mass is 270 g/mol. The summed E-state index contributed by atoms with van der Waals surface area (Å²) >= 11 is 0. The number of anilines is 1. The standard InChI is InChI=1S/C16H22N4/c1-11(2)16-18-12(3)9-15(20-16)19-14(10-17)13-7-5-4-6-8-13/h4-9,11,14H,10,17H2,1-3H3,(H,18,19,20). The zero-order valence-corrected chi connectivity index (χ0v) is 12.3. The van der Waals surface area contributed by atoms with Gasteiger partial charge in [0.25, 0.3) is 0 Å². The first kappa shape index (κ1) is 14.5.